The van der Waals surface area contributed by atoms with Gasteiger partial charge in [-0.1, -0.05) is 146 Å². The Morgan fingerprint density at radius 3 is 1.45 bits per heavy atom. The zero-order chi connectivity index (χ0) is 33.7. The molecule has 1 heteroatoms. The number of rotatable bonds is 5. The standard InChI is InChI=1S/C50H32S/c1-4-14-33(15-5-1)36-24-25-49-47(29-36)48-32-39(35-18-8-3-9-19-35)31-46(50(48)51-49)41-27-38(34-16-6-2-7-17-34)26-40(28-41)45-30-37-20-10-11-21-42(37)43-22-12-13-23-44(43)45/h1-32H. The normalized spacial score (nSPS) is 11.5. The van der Waals surface area contributed by atoms with Crippen LogP contribution in [-0.2, 0) is 0 Å². The van der Waals surface area contributed by atoms with Crippen molar-refractivity contribution < 1.29 is 0 Å². The molecule has 0 spiro atoms. The molecule has 0 saturated carbocycles. The molecule has 0 radical (unpaired) electrons. The number of fused-ring (bicyclic) bond motifs is 6. The molecule has 0 amide bonds. The van der Waals surface area contributed by atoms with E-state index in [4.69, 9.17) is 0 Å². The number of hydrogen-bond donors (Lipinski definition) is 0. The summed E-state index contributed by atoms with van der Waals surface area (Å²) in [6.07, 6.45) is 0. The maximum absolute atomic E-state index is 2.42. The van der Waals surface area contributed by atoms with Gasteiger partial charge in [0.1, 0.15) is 0 Å². The molecule has 238 valence electrons. The van der Waals surface area contributed by atoms with Crippen LogP contribution in [0.15, 0.2) is 194 Å². The van der Waals surface area contributed by atoms with E-state index in [2.05, 4.69) is 194 Å². The van der Waals surface area contributed by atoms with Crippen LogP contribution in [0.25, 0.3) is 97.4 Å². The van der Waals surface area contributed by atoms with Gasteiger partial charge in [-0.05, 0) is 120 Å². The molecule has 0 saturated heterocycles. The fourth-order valence-corrected chi connectivity index (χ4v) is 8.93. The van der Waals surface area contributed by atoms with E-state index >= 15 is 0 Å². The van der Waals surface area contributed by atoms with E-state index in [0.29, 0.717) is 0 Å². The highest BCUT2D eigenvalue weighted by molar-refractivity contribution is 7.26. The zero-order valence-electron chi connectivity index (χ0n) is 27.9. The van der Waals surface area contributed by atoms with Gasteiger partial charge < -0.3 is 0 Å². The molecule has 9 aromatic carbocycles. The molecule has 0 aliphatic carbocycles. The van der Waals surface area contributed by atoms with Crippen LogP contribution in [0.3, 0.4) is 0 Å². The molecule has 1 aromatic heterocycles. The van der Waals surface area contributed by atoms with Crippen LogP contribution in [-0.4, -0.2) is 0 Å². The first-order valence-electron chi connectivity index (χ1n) is 17.5. The van der Waals surface area contributed by atoms with E-state index in [1.54, 1.807) is 0 Å². The van der Waals surface area contributed by atoms with Crippen molar-refractivity contribution in [1.29, 1.82) is 0 Å². The van der Waals surface area contributed by atoms with E-state index in [1.165, 1.54) is 97.4 Å². The quantitative estimate of drug-likeness (QED) is 0.161. The number of benzene rings is 9. The predicted molar refractivity (Wildman–Crippen MR) is 222 cm³/mol. The Hall–Kier alpha value is -6.28. The zero-order valence-corrected chi connectivity index (χ0v) is 28.7. The Morgan fingerprint density at radius 2 is 0.765 bits per heavy atom. The predicted octanol–water partition coefficient (Wildman–Crippen LogP) is 14.7. The molecule has 0 nitrogen and oxygen atoms in total. The molecule has 0 bridgehead atoms. The molecule has 1 heterocycles. The van der Waals surface area contributed by atoms with Gasteiger partial charge in [0.05, 0.1) is 0 Å². The Labute approximate surface area is 301 Å². The molecule has 0 aliphatic rings. The highest BCUT2D eigenvalue weighted by Crippen LogP contribution is 2.46. The van der Waals surface area contributed by atoms with Gasteiger partial charge in [0, 0.05) is 25.7 Å². The number of hydrogen-bond acceptors (Lipinski definition) is 1. The lowest BCUT2D eigenvalue weighted by atomic mass is 9.88. The Kier molecular flexibility index (Phi) is 7.11. The molecule has 0 unspecified atom stereocenters. The summed E-state index contributed by atoms with van der Waals surface area (Å²) < 4.78 is 2.62. The van der Waals surface area contributed by atoms with Crippen LogP contribution in [0.1, 0.15) is 0 Å². The highest BCUT2D eigenvalue weighted by Gasteiger charge is 2.18. The van der Waals surface area contributed by atoms with Crippen molar-refractivity contribution in [3.05, 3.63) is 194 Å². The molecule has 0 aliphatic heterocycles. The minimum absolute atomic E-state index is 1.21. The van der Waals surface area contributed by atoms with Crippen molar-refractivity contribution in [2.24, 2.45) is 0 Å². The van der Waals surface area contributed by atoms with E-state index in [-0.39, 0.29) is 0 Å². The van der Waals surface area contributed by atoms with Crippen molar-refractivity contribution in [3.8, 4) is 55.6 Å². The second-order valence-corrected chi connectivity index (χ2v) is 14.4. The monoisotopic (exact) mass is 664 g/mol. The van der Waals surface area contributed by atoms with Crippen molar-refractivity contribution in [2.45, 2.75) is 0 Å². The van der Waals surface area contributed by atoms with Crippen LogP contribution in [0, 0.1) is 0 Å². The smallest absolute Gasteiger partial charge is 0.0434 e. The van der Waals surface area contributed by atoms with E-state index in [9.17, 15) is 0 Å². The summed E-state index contributed by atoms with van der Waals surface area (Å²) in [7, 11) is 0. The van der Waals surface area contributed by atoms with Crippen molar-refractivity contribution in [2.75, 3.05) is 0 Å². The SMILES string of the molecule is c1ccc(-c2cc(-c3cc4ccccc4c4ccccc34)cc(-c3cc(-c4ccccc4)cc4c3sc3ccc(-c5ccccc5)cc34)c2)cc1. The summed E-state index contributed by atoms with van der Waals surface area (Å²) in [5, 5.41) is 7.69. The van der Waals surface area contributed by atoms with Crippen LogP contribution < -0.4 is 0 Å². The minimum atomic E-state index is 1.21. The molecule has 0 fully saturated rings. The average molecular weight is 665 g/mol. The Morgan fingerprint density at radius 1 is 0.255 bits per heavy atom. The second kappa shape index (κ2) is 12.2. The maximum atomic E-state index is 2.42. The second-order valence-electron chi connectivity index (χ2n) is 13.3. The topological polar surface area (TPSA) is 0 Å². The van der Waals surface area contributed by atoms with Gasteiger partial charge in [0.15, 0.2) is 0 Å². The average Bonchev–Trinajstić information content (AvgIpc) is 3.59. The van der Waals surface area contributed by atoms with Gasteiger partial charge in [-0.25, -0.2) is 0 Å². The summed E-state index contributed by atoms with van der Waals surface area (Å²) in [4.78, 5) is 0. The largest absolute Gasteiger partial charge is 0.135 e. The van der Waals surface area contributed by atoms with Gasteiger partial charge >= 0.3 is 0 Å². The van der Waals surface area contributed by atoms with Crippen LogP contribution in [0.4, 0.5) is 0 Å². The Bertz CT molecular complexity index is 2880. The lowest BCUT2D eigenvalue weighted by Crippen LogP contribution is -1.89. The van der Waals surface area contributed by atoms with Gasteiger partial charge in [-0.2, -0.15) is 0 Å². The maximum Gasteiger partial charge on any atom is 0.0434 e. The molecular weight excluding hydrogens is 633 g/mol. The molecule has 51 heavy (non-hydrogen) atoms. The minimum Gasteiger partial charge on any atom is -0.135 e. The van der Waals surface area contributed by atoms with E-state index in [0.717, 1.165) is 0 Å². The third kappa shape index (κ3) is 5.22. The van der Waals surface area contributed by atoms with E-state index < -0.39 is 0 Å². The number of thiophene rings is 1. The summed E-state index contributed by atoms with van der Waals surface area (Å²) in [6.45, 7) is 0. The first kappa shape index (κ1) is 29.6. The Balaban J connectivity index is 1.28. The fraction of sp³-hybridized carbons (Fsp3) is 0. The van der Waals surface area contributed by atoms with Crippen LogP contribution in [0.5, 0.6) is 0 Å². The molecule has 0 N–H and O–H groups in total. The molecule has 10 aromatic rings. The first-order valence-corrected chi connectivity index (χ1v) is 18.3. The van der Waals surface area contributed by atoms with Crippen molar-refractivity contribution >= 4 is 53.1 Å². The van der Waals surface area contributed by atoms with Crippen molar-refractivity contribution in [1.82, 2.24) is 0 Å². The lowest BCUT2D eigenvalue weighted by Gasteiger charge is -2.16. The third-order valence-electron chi connectivity index (χ3n) is 10.2. The van der Waals surface area contributed by atoms with Gasteiger partial charge in [0.2, 0.25) is 0 Å². The third-order valence-corrected chi connectivity index (χ3v) is 11.4. The summed E-state index contributed by atoms with van der Waals surface area (Å²) in [6, 6.07) is 71.3. The van der Waals surface area contributed by atoms with Crippen molar-refractivity contribution in [3.63, 3.8) is 0 Å². The van der Waals surface area contributed by atoms with E-state index in [1.807, 2.05) is 11.3 Å². The van der Waals surface area contributed by atoms with Gasteiger partial charge in [-0.3, -0.25) is 0 Å². The molecule has 10 rings (SSSR count). The van der Waals surface area contributed by atoms with Crippen LogP contribution in [0.2, 0.25) is 0 Å². The summed E-state index contributed by atoms with van der Waals surface area (Å²) in [5.74, 6) is 0. The first-order chi connectivity index (χ1) is 25.3. The lowest BCUT2D eigenvalue weighted by molar-refractivity contribution is 1.59. The van der Waals surface area contributed by atoms with Gasteiger partial charge in [-0.15, -0.1) is 11.3 Å². The summed E-state index contributed by atoms with van der Waals surface area (Å²) >= 11 is 1.90. The summed E-state index contributed by atoms with van der Waals surface area (Å²) in [5.41, 5.74) is 12.3. The van der Waals surface area contributed by atoms with Crippen LogP contribution >= 0.6 is 11.3 Å². The highest BCUT2D eigenvalue weighted by atomic mass is 32.1. The van der Waals surface area contributed by atoms with Gasteiger partial charge in [0.25, 0.3) is 0 Å². The fourth-order valence-electron chi connectivity index (χ4n) is 7.73. The molecular formula is C50H32S. The molecule has 0 atom stereocenters.